The van der Waals surface area contributed by atoms with Gasteiger partial charge in [-0.05, 0) is 37.5 Å². The molecular weight excluding hydrogens is 274 g/mol. The van der Waals surface area contributed by atoms with E-state index in [2.05, 4.69) is 42.6 Å². The molecule has 0 saturated carbocycles. The molecule has 3 nitrogen and oxygen atoms in total. The largest absolute Gasteiger partial charge is 0.491 e. The van der Waals surface area contributed by atoms with E-state index in [1.54, 1.807) is 0 Å². The van der Waals surface area contributed by atoms with E-state index < -0.39 is 0 Å². The zero-order valence-corrected chi connectivity index (χ0v) is 13.0. The van der Waals surface area contributed by atoms with Crippen molar-refractivity contribution >= 4 is 5.69 Å². The van der Waals surface area contributed by atoms with Crippen molar-refractivity contribution in [2.75, 3.05) is 18.5 Å². The predicted molar refractivity (Wildman–Crippen MR) is 89.4 cm³/mol. The third-order valence-corrected chi connectivity index (χ3v) is 3.91. The van der Waals surface area contributed by atoms with Gasteiger partial charge in [0.2, 0.25) is 0 Å². The summed E-state index contributed by atoms with van der Waals surface area (Å²) in [5.41, 5.74) is 3.63. The first-order chi connectivity index (χ1) is 10.8. The maximum Gasteiger partial charge on any atom is 0.121 e. The van der Waals surface area contributed by atoms with E-state index in [4.69, 9.17) is 9.47 Å². The summed E-state index contributed by atoms with van der Waals surface area (Å²) in [7, 11) is 0. The molecule has 1 fully saturated rings. The molecular formula is C19H23NO2. The minimum atomic E-state index is 0.254. The van der Waals surface area contributed by atoms with Gasteiger partial charge < -0.3 is 14.8 Å². The average molecular weight is 297 g/mol. The van der Waals surface area contributed by atoms with E-state index in [0.29, 0.717) is 6.61 Å². The summed E-state index contributed by atoms with van der Waals surface area (Å²) in [4.78, 5) is 0. The van der Waals surface area contributed by atoms with Crippen LogP contribution in [0.5, 0.6) is 5.75 Å². The van der Waals surface area contributed by atoms with Crippen LogP contribution in [0.2, 0.25) is 0 Å². The van der Waals surface area contributed by atoms with Gasteiger partial charge in [0.15, 0.2) is 0 Å². The Morgan fingerprint density at radius 3 is 2.82 bits per heavy atom. The second kappa shape index (κ2) is 7.32. The highest BCUT2D eigenvalue weighted by Gasteiger charge is 2.15. The molecule has 22 heavy (non-hydrogen) atoms. The molecule has 2 aromatic rings. The van der Waals surface area contributed by atoms with E-state index in [0.717, 1.165) is 37.4 Å². The molecule has 0 spiro atoms. The van der Waals surface area contributed by atoms with Crippen LogP contribution in [-0.2, 0) is 11.3 Å². The Bertz CT molecular complexity index is 589. The van der Waals surface area contributed by atoms with Crippen molar-refractivity contribution in [3.05, 3.63) is 59.7 Å². The van der Waals surface area contributed by atoms with Crippen LogP contribution >= 0.6 is 0 Å². The fourth-order valence-corrected chi connectivity index (χ4v) is 2.57. The molecule has 3 heteroatoms. The Morgan fingerprint density at radius 2 is 2.05 bits per heavy atom. The Kier molecular flexibility index (Phi) is 4.96. The van der Waals surface area contributed by atoms with Crippen LogP contribution in [0.4, 0.5) is 5.69 Å². The first-order valence-electron chi connectivity index (χ1n) is 7.93. The van der Waals surface area contributed by atoms with E-state index in [1.165, 1.54) is 11.1 Å². The summed E-state index contributed by atoms with van der Waals surface area (Å²) >= 11 is 0. The van der Waals surface area contributed by atoms with Crippen molar-refractivity contribution in [3.63, 3.8) is 0 Å². The molecule has 3 rings (SSSR count). The van der Waals surface area contributed by atoms with Crippen LogP contribution in [0.3, 0.4) is 0 Å². The summed E-state index contributed by atoms with van der Waals surface area (Å²) < 4.78 is 11.4. The summed E-state index contributed by atoms with van der Waals surface area (Å²) in [6.45, 7) is 4.43. The smallest absolute Gasteiger partial charge is 0.121 e. The maximum absolute atomic E-state index is 5.83. The molecule has 1 N–H and O–H groups in total. The normalized spacial score (nSPS) is 17.4. The lowest BCUT2D eigenvalue weighted by molar-refractivity contribution is 0.0680. The van der Waals surface area contributed by atoms with Crippen molar-refractivity contribution < 1.29 is 9.47 Å². The lowest BCUT2D eigenvalue weighted by atomic mass is 10.1. The van der Waals surface area contributed by atoms with Crippen molar-refractivity contribution in [2.24, 2.45) is 0 Å². The lowest BCUT2D eigenvalue weighted by Crippen LogP contribution is -2.16. The number of benzene rings is 2. The summed E-state index contributed by atoms with van der Waals surface area (Å²) in [6.07, 6.45) is 2.50. The monoisotopic (exact) mass is 297 g/mol. The third kappa shape index (κ3) is 4.25. The van der Waals surface area contributed by atoms with Gasteiger partial charge in [-0.15, -0.1) is 0 Å². The van der Waals surface area contributed by atoms with Crippen LogP contribution in [0, 0.1) is 6.92 Å². The highest BCUT2D eigenvalue weighted by molar-refractivity contribution is 5.48. The standard InChI is InChI=1S/C19H23NO2/c1-15-7-9-16(10-8-15)13-20-17-4-2-5-18(12-17)22-14-19-6-3-11-21-19/h2,4-5,7-10,12,19-20H,3,6,11,13-14H2,1H3. The molecule has 1 aliphatic rings. The van der Waals surface area contributed by atoms with Gasteiger partial charge in [-0.3, -0.25) is 0 Å². The topological polar surface area (TPSA) is 30.5 Å². The minimum Gasteiger partial charge on any atom is -0.491 e. The summed E-state index contributed by atoms with van der Waals surface area (Å²) in [5, 5.41) is 3.44. The molecule has 1 atom stereocenters. The Hall–Kier alpha value is -2.00. The summed E-state index contributed by atoms with van der Waals surface area (Å²) in [5.74, 6) is 0.893. The Labute approximate surface area is 132 Å². The number of aryl methyl sites for hydroxylation is 1. The number of ether oxygens (including phenoxy) is 2. The molecule has 0 bridgehead atoms. The van der Waals surface area contributed by atoms with Crippen LogP contribution in [0.15, 0.2) is 48.5 Å². The van der Waals surface area contributed by atoms with Crippen molar-refractivity contribution in [2.45, 2.75) is 32.4 Å². The molecule has 2 aromatic carbocycles. The van der Waals surface area contributed by atoms with Crippen molar-refractivity contribution in [1.82, 2.24) is 0 Å². The van der Waals surface area contributed by atoms with Gasteiger partial charge in [0.1, 0.15) is 12.4 Å². The fraction of sp³-hybridized carbons (Fsp3) is 0.368. The molecule has 0 aromatic heterocycles. The van der Waals surface area contributed by atoms with Gasteiger partial charge in [-0.25, -0.2) is 0 Å². The zero-order chi connectivity index (χ0) is 15.2. The Balaban J connectivity index is 1.52. The first kappa shape index (κ1) is 14.9. The second-order valence-electron chi connectivity index (χ2n) is 5.81. The van der Waals surface area contributed by atoms with Crippen LogP contribution < -0.4 is 10.1 Å². The maximum atomic E-state index is 5.83. The van der Waals surface area contributed by atoms with E-state index >= 15 is 0 Å². The van der Waals surface area contributed by atoms with E-state index in [9.17, 15) is 0 Å². The number of hydrogen-bond acceptors (Lipinski definition) is 3. The highest BCUT2D eigenvalue weighted by Crippen LogP contribution is 2.20. The van der Waals surface area contributed by atoms with Crippen LogP contribution in [0.1, 0.15) is 24.0 Å². The molecule has 1 saturated heterocycles. The molecule has 1 unspecified atom stereocenters. The van der Waals surface area contributed by atoms with Gasteiger partial charge in [-0.2, -0.15) is 0 Å². The number of nitrogens with one attached hydrogen (secondary N) is 1. The van der Waals surface area contributed by atoms with Gasteiger partial charge in [-0.1, -0.05) is 35.9 Å². The molecule has 1 aliphatic heterocycles. The minimum absolute atomic E-state index is 0.254. The third-order valence-electron chi connectivity index (χ3n) is 3.91. The van der Waals surface area contributed by atoms with Crippen LogP contribution in [-0.4, -0.2) is 19.3 Å². The molecule has 116 valence electrons. The molecule has 0 amide bonds. The predicted octanol–water partition coefficient (Wildman–Crippen LogP) is 4.16. The number of anilines is 1. The average Bonchev–Trinajstić information content (AvgIpc) is 3.06. The number of hydrogen-bond donors (Lipinski definition) is 1. The van der Waals surface area contributed by atoms with E-state index in [1.807, 2.05) is 18.2 Å². The van der Waals surface area contributed by atoms with Crippen molar-refractivity contribution in [3.8, 4) is 5.75 Å². The highest BCUT2D eigenvalue weighted by atomic mass is 16.5. The van der Waals surface area contributed by atoms with Crippen LogP contribution in [0.25, 0.3) is 0 Å². The van der Waals surface area contributed by atoms with Gasteiger partial charge >= 0.3 is 0 Å². The fourth-order valence-electron chi connectivity index (χ4n) is 2.57. The molecule has 1 heterocycles. The second-order valence-corrected chi connectivity index (χ2v) is 5.81. The van der Waals surface area contributed by atoms with Gasteiger partial charge in [0.25, 0.3) is 0 Å². The Morgan fingerprint density at radius 1 is 1.18 bits per heavy atom. The first-order valence-corrected chi connectivity index (χ1v) is 7.93. The summed E-state index contributed by atoms with van der Waals surface area (Å²) in [6, 6.07) is 16.7. The van der Waals surface area contributed by atoms with Gasteiger partial charge in [0.05, 0.1) is 6.10 Å². The lowest BCUT2D eigenvalue weighted by Gasteiger charge is -2.13. The van der Waals surface area contributed by atoms with Crippen molar-refractivity contribution in [1.29, 1.82) is 0 Å². The van der Waals surface area contributed by atoms with E-state index in [-0.39, 0.29) is 6.10 Å². The van der Waals surface area contributed by atoms with Gasteiger partial charge in [0, 0.05) is 24.9 Å². The number of rotatable bonds is 6. The SMILES string of the molecule is Cc1ccc(CNc2cccc(OCC3CCCO3)c2)cc1. The zero-order valence-electron chi connectivity index (χ0n) is 13.0. The quantitative estimate of drug-likeness (QED) is 0.868. The molecule has 0 radical (unpaired) electrons. The molecule has 0 aliphatic carbocycles.